The summed E-state index contributed by atoms with van der Waals surface area (Å²) in [5.41, 5.74) is 1.83. The lowest BCUT2D eigenvalue weighted by Crippen LogP contribution is -1.99. The molecule has 0 fully saturated rings. The molecule has 0 saturated heterocycles. The number of hydrogen-bond donors (Lipinski definition) is 0. The molecule has 0 amide bonds. The van der Waals surface area contributed by atoms with Crippen LogP contribution >= 0.6 is 11.6 Å². The molecule has 4 nitrogen and oxygen atoms in total. The summed E-state index contributed by atoms with van der Waals surface area (Å²) in [6.45, 7) is 0. The number of aromatic nitrogens is 4. The first-order valence-corrected chi connectivity index (χ1v) is 7.20. The highest BCUT2D eigenvalue weighted by Gasteiger charge is 2.10. The summed E-state index contributed by atoms with van der Waals surface area (Å²) >= 11 is 6.22. The topological polar surface area (TPSA) is 43.6 Å². The zero-order chi connectivity index (χ0) is 14.9. The SMILES string of the molecule is Clc1cnc(-n2cc(-c3ccccn3)cn2)c2ccccc12. The van der Waals surface area contributed by atoms with Crippen LogP contribution < -0.4 is 0 Å². The molecule has 0 N–H and O–H groups in total. The van der Waals surface area contributed by atoms with E-state index in [9.17, 15) is 0 Å². The molecule has 5 heteroatoms. The van der Waals surface area contributed by atoms with Crippen molar-refractivity contribution in [3.05, 3.63) is 72.3 Å². The quantitative estimate of drug-likeness (QED) is 0.559. The van der Waals surface area contributed by atoms with Gasteiger partial charge in [0.1, 0.15) is 0 Å². The predicted octanol–water partition coefficient (Wildman–Crippen LogP) is 4.14. The number of fused-ring (bicyclic) bond motifs is 1. The van der Waals surface area contributed by atoms with Crippen molar-refractivity contribution < 1.29 is 0 Å². The number of nitrogens with zero attached hydrogens (tertiary/aromatic N) is 4. The van der Waals surface area contributed by atoms with Gasteiger partial charge in [-0.2, -0.15) is 5.10 Å². The average molecular weight is 307 g/mol. The maximum atomic E-state index is 6.22. The fourth-order valence-electron chi connectivity index (χ4n) is 2.43. The van der Waals surface area contributed by atoms with E-state index < -0.39 is 0 Å². The Hall–Kier alpha value is -2.72. The normalized spacial score (nSPS) is 11.0. The lowest BCUT2D eigenvalue weighted by Gasteiger charge is -2.06. The molecule has 0 aliphatic heterocycles. The summed E-state index contributed by atoms with van der Waals surface area (Å²) in [6.07, 6.45) is 7.13. The second-order valence-corrected chi connectivity index (χ2v) is 5.27. The molecule has 0 spiro atoms. The molecule has 4 aromatic rings. The van der Waals surface area contributed by atoms with E-state index >= 15 is 0 Å². The molecular weight excluding hydrogens is 296 g/mol. The van der Waals surface area contributed by atoms with Gasteiger partial charge in [0.05, 0.1) is 16.9 Å². The highest BCUT2D eigenvalue weighted by molar-refractivity contribution is 6.35. The fourth-order valence-corrected chi connectivity index (χ4v) is 2.64. The van der Waals surface area contributed by atoms with Gasteiger partial charge in [-0.25, -0.2) is 9.67 Å². The largest absolute Gasteiger partial charge is 0.256 e. The maximum absolute atomic E-state index is 6.22. The van der Waals surface area contributed by atoms with Crippen molar-refractivity contribution in [1.29, 1.82) is 0 Å². The lowest BCUT2D eigenvalue weighted by atomic mass is 10.1. The van der Waals surface area contributed by atoms with Crippen LogP contribution in [0.1, 0.15) is 0 Å². The molecule has 22 heavy (non-hydrogen) atoms. The van der Waals surface area contributed by atoms with Crippen molar-refractivity contribution in [2.45, 2.75) is 0 Å². The number of benzene rings is 1. The van der Waals surface area contributed by atoms with Gasteiger partial charge >= 0.3 is 0 Å². The van der Waals surface area contributed by atoms with Crippen molar-refractivity contribution in [2.75, 3.05) is 0 Å². The minimum Gasteiger partial charge on any atom is -0.256 e. The van der Waals surface area contributed by atoms with Crippen LogP contribution in [0.3, 0.4) is 0 Å². The van der Waals surface area contributed by atoms with Crippen molar-refractivity contribution in [2.24, 2.45) is 0 Å². The Kier molecular flexibility index (Phi) is 3.09. The van der Waals surface area contributed by atoms with Gasteiger partial charge < -0.3 is 0 Å². The summed E-state index contributed by atoms with van der Waals surface area (Å²) in [5, 5.41) is 6.97. The Balaban J connectivity index is 1.87. The second-order valence-electron chi connectivity index (χ2n) is 4.86. The van der Waals surface area contributed by atoms with Gasteiger partial charge in [0.25, 0.3) is 0 Å². The van der Waals surface area contributed by atoms with Crippen molar-refractivity contribution in [3.8, 4) is 17.1 Å². The minimum absolute atomic E-state index is 0.636. The summed E-state index contributed by atoms with van der Waals surface area (Å²) < 4.78 is 1.75. The van der Waals surface area contributed by atoms with Gasteiger partial charge in [0.2, 0.25) is 0 Å². The zero-order valence-electron chi connectivity index (χ0n) is 11.5. The van der Waals surface area contributed by atoms with E-state index in [4.69, 9.17) is 11.6 Å². The molecule has 0 bridgehead atoms. The first-order chi connectivity index (χ1) is 10.8. The first kappa shape index (κ1) is 13.0. The smallest absolute Gasteiger partial charge is 0.161 e. The van der Waals surface area contributed by atoms with Crippen LogP contribution in [-0.2, 0) is 0 Å². The fraction of sp³-hybridized carbons (Fsp3) is 0. The van der Waals surface area contributed by atoms with Crippen LogP contribution in [0.25, 0.3) is 27.8 Å². The minimum atomic E-state index is 0.636. The van der Waals surface area contributed by atoms with Gasteiger partial charge in [0.15, 0.2) is 5.82 Å². The molecule has 0 aliphatic rings. The molecule has 4 rings (SSSR count). The second kappa shape index (κ2) is 5.24. The van der Waals surface area contributed by atoms with Crippen molar-refractivity contribution in [1.82, 2.24) is 19.7 Å². The number of hydrogen-bond acceptors (Lipinski definition) is 3. The van der Waals surface area contributed by atoms with E-state index in [0.717, 1.165) is 27.8 Å². The average Bonchev–Trinajstić information content (AvgIpc) is 3.06. The van der Waals surface area contributed by atoms with Crippen LogP contribution in [-0.4, -0.2) is 19.7 Å². The standard InChI is InChI=1S/C17H11ClN4/c18-15-10-20-17(14-6-2-1-5-13(14)15)22-11-12(9-21-22)16-7-3-4-8-19-16/h1-11H. The molecule has 3 aromatic heterocycles. The molecule has 3 heterocycles. The van der Waals surface area contributed by atoms with E-state index in [0.29, 0.717) is 5.02 Å². The Labute approximate surface area is 132 Å². The first-order valence-electron chi connectivity index (χ1n) is 6.82. The number of halogens is 1. The van der Waals surface area contributed by atoms with Crippen LogP contribution in [0.4, 0.5) is 0 Å². The molecule has 1 aromatic carbocycles. The van der Waals surface area contributed by atoms with Crippen molar-refractivity contribution in [3.63, 3.8) is 0 Å². The summed E-state index contributed by atoms with van der Waals surface area (Å²) in [5.74, 6) is 0.752. The van der Waals surface area contributed by atoms with Crippen LogP contribution in [0.2, 0.25) is 5.02 Å². The molecule has 0 atom stereocenters. The Morgan fingerprint density at radius 3 is 2.50 bits per heavy atom. The van der Waals surface area contributed by atoms with Gasteiger partial charge in [-0.3, -0.25) is 4.98 Å². The number of pyridine rings is 2. The predicted molar refractivity (Wildman–Crippen MR) is 87.1 cm³/mol. The van der Waals surface area contributed by atoms with Gasteiger partial charge in [-0.1, -0.05) is 41.9 Å². The van der Waals surface area contributed by atoms with Gasteiger partial charge in [0, 0.05) is 34.9 Å². The van der Waals surface area contributed by atoms with Crippen molar-refractivity contribution >= 4 is 22.4 Å². The molecule has 106 valence electrons. The maximum Gasteiger partial charge on any atom is 0.161 e. The van der Waals surface area contributed by atoms with E-state index in [1.165, 1.54) is 0 Å². The lowest BCUT2D eigenvalue weighted by molar-refractivity contribution is 0.856. The third-order valence-electron chi connectivity index (χ3n) is 3.49. The summed E-state index contributed by atoms with van der Waals surface area (Å²) in [7, 11) is 0. The van der Waals surface area contributed by atoms with E-state index in [2.05, 4.69) is 15.1 Å². The molecule has 0 saturated carbocycles. The molecular formula is C17H11ClN4. The van der Waals surface area contributed by atoms with Gasteiger partial charge in [-0.15, -0.1) is 0 Å². The van der Waals surface area contributed by atoms with Crippen LogP contribution in [0.15, 0.2) is 67.3 Å². The Morgan fingerprint density at radius 1 is 0.864 bits per heavy atom. The van der Waals surface area contributed by atoms with Crippen LogP contribution in [0.5, 0.6) is 0 Å². The van der Waals surface area contributed by atoms with Crippen LogP contribution in [0, 0.1) is 0 Å². The zero-order valence-corrected chi connectivity index (χ0v) is 12.3. The Bertz CT molecular complexity index is 947. The number of rotatable bonds is 2. The monoisotopic (exact) mass is 306 g/mol. The third kappa shape index (κ3) is 2.14. The molecule has 0 radical (unpaired) electrons. The van der Waals surface area contributed by atoms with E-state index in [1.54, 1.807) is 23.3 Å². The third-order valence-corrected chi connectivity index (χ3v) is 3.79. The van der Waals surface area contributed by atoms with E-state index in [1.807, 2.05) is 48.7 Å². The highest BCUT2D eigenvalue weighted by Crippen LogP contribution is 2.27. The summed E-state index contributed by atoms with van der Waals surface area (Å²) in [4.78, 5) is 8.77. The Morgan fingerprint density at radius 2 is 1.68 bits per heavy atom. The highest BCUT2D eigenvalue weighted by atomic mass is 35.5. The summed E-state index contributed by atoms with van der Waals surface area (Å²) in [6, 6.07) is 13.7. The molecule has 0 unspecified atom stereocenters. The molecule has 0 aliphatic carbocycles. The van der Waals surface area contributed by atoms with Gasteiger partial charge in [-0.05, 0) is 12.1 Å². The van der Waals surface area contributed by atoms with E-state index in [-0.39, 0.29) is 0 Å².